The van der Waals surface area contributed by atoms with Crippen molar-refractivity contribution in [3.8, 4) is 0 Å². The Balaban J connectivity index is 1.69. The second-order valence-corrected chi connectivity index (χ2v) is 8.40. The standard InChI is InChI=1S/C23H46O/c1-3-5-6-7-8-9-10-11-12-13-14-15-16-17-18-19-20-23(4-2)21-24-22-23/h3-22H2,1-2H3. The number of hydrogen-bond acceptors (Lipinski definition) is 1. The van der Waals surface area contributed by atoms with Gasteiger partial charge in [-0.1, -0.05) is 117 Å². The summed E-state index contributed by atoms with van der Waals surface area (Å²) in [5.41, 5.74) is 0.579. The highest BCUT2D eigenvalue weighted by molar-refractivity contribution is 4.83. The zero-order valence-corrected chi connectivity index (χ0v) is 17.1. The minimum atomic E-state index is 0.579. The molecule has 24 heavy (non-hydrogen) atoms. The molecule has 0 atom stereocenters. The van der Waals surface area contributed by atoms with Gasteiger partial charge in [-0.05, 0) is 12.8 Å². The molecule has 0 spiro atoms. The van der Waals surface area contributed by atoms with Crippen molar-refractivity contribution < 1.29 is 4.74 Å². The van der Waals surface area contributed by atoms with Crippen molar-refractivity contribution in [2.24, 2.45) is 5.41 Å². The van der Waals surface area contributed by atoms with E-state index in [9.17, 15) is 0 Å². The maximum Gasteiger partial charge on any atom is 0.0544 e. The summed E-state index contributed by atoms with van der Waals surface area (Å²) >= 11 is 0. The van der Waals surface area contributed by atoms with E-state index < -0.39 is 0 Å². The number of hydrogen-bond donors (Lipinski definition) is 0. The van der Waals surface area contributed by atoms with Crippen LogP contribution in [0, 0.1) is 5.41 Å². The molecule has 1 fully saturated rings. The van der Waals surface area contributed by atoms with Crippen LogP contribution in [0.2, 0.25) is 0 Å². The molecule has 1 nitrogen and oxygen atoms in total. The molecular weight excluding hydrogens is 292 g/mol. The zero-order valence-electron chi connectivity index (χ0n) is 17.1. The monoisotopic (exact) mass is 338 g/mol. The molecule has 0 aliphatic carbocycles. The minimum absolute atomic E-state index is 0.579. The Labute approximate surface area is 153 Å². The molecule has 0 aromatic carbocycles. The molecule has 0 saturated carbocycles. The first-order valence-corrected chi connectivity index (χ1v) is 11.4. The summed E-state index contributed by atoms with van der Waals surface area (Å²) in [4.78, 5) is 0. The van der Waals surface area contributed by atoms with E-state index in [1.165, 1.54) is 116 Å². The average Bonchev–Trinajstić information content (AvgIpc) is 2.56. The van der Waals surface area contributed by atoms with Gasteiger partial charge in [0.1, 0.15) is 0 Å². The van der Waals surface area contributed by atoms with Gasteiger partial charge in [-0.15, -0.1) is 0 Å². The lowest BCUT2D eigenvalue weighted by molar-refractivity contribution is -0.120. The van der Waals surface area contributed by atoms with Crippen LogP contribution in [0.5, 0.6) is 0 Å². The van der Waals surface area contributed by atoms with Crippen LogP contribution in [-0.4, -0.2) is 13.2 Å². The lowest BCUT2D eigenvalue weighted by Gasteiger charge is -2.41. The van der Waals surface area contributed by atoms with Crippen LogP contribution in [0.25, 0.3) is 0 Å². The molecule has 1 heterocycles. The highest BCUT2D eigenvalue weighted by atomic mass is 16.5. The third-order valence-corrected chi connectivity index (χ3v) is 6.13. The summed E-state index contributed by atoms with van der Waals surface area (Å²) in [6.07, 6.45) is 26.1. The Morgan fingerprint density at radius 3 is 1.21 bits per heavy atom. The van der Waals surface area contributed by atoms with Gasteiger partial charge in [0.25, 0.3) is 0 Å². The Bertz CT molecular complexity index is 251. The Morgan fingerprint density at radius 2 is 0.917 bits per heavy atom. The fraction of sp³-hybridized carbons (Fsp3) is 1.00. The molecule has 0 unspecified atom stereocenters. The fourth-order valence-corrected chi connectivity index (χ4v) is 3.96. The third kappa shape index (κ3) is 10.7. The van der Waals surface area contributed by atoms with E-state index in [4.69, 9.17) is 4.74 Å². The second kappa shape index (κ2) is 15.2. The fourth-order valence-electron chi connectivity index (χ4n) is 3.96. The number of ether oxygens (including phenoxy) is 1. The number of rotatable bonds is 18. The first kappa shape index (κ1) is 22.0. The molecule has 1 saturated heterocycles. The molecule has 144 valence electrons. The molecule has 0 radical (unpaired) electrons. The molecule has 1 rings (SSSR count). The van der Waals surface area contributed by atoms with Crippen LogP contribution in [0.15, 0.2) is 0 Å². The van der Waals surface area contributed by atoms with E-state index in [0.29, 0.717) is 5.41 Å². The SMILES string of the molecule is CCCCCCCCCCCCCCCCCCC1(CC)COC1. The molecule has 0 aromatic heterocycles. The lowest BCUT2D eigenvalue weighted by atomic mass is 9.78. The van der Waals surface area contributed by atoms with Crippen LogP contribution >= 0.6 is 0 Å². The summed E-state index contributed by atoms with van der Waals surface area (Å²) in [5, 5.41) is 0. The molecule has 0 amide bonds. The predicted molar refractivity (Wildman–Crippen MR) is 108 cm³/mol. The topological polar surface area (TPSA) is 9.23 Å². The normalized spacial score (nSPS) is 16.2. The number of unbranched alkanes of at least 4 members (excludes halogenated alkanes) is 15. The van der Waals surface area contributed by atoms with Gasteiger partial charge in [-0.25, -0.2) is 0 Å². The first-order valence-electron chi connectivity index (χ1n) is 11.4. The van der Waals surface area contributed by atoms with Gasteiger partial charge in [0.2, 0.25) is 0 Å². The van der Waals surface area contributed by atoms with Crippen molar-refractivity contribution in [3.63, 3.8) is 0 Å². The highest BCUT2D eigenvalue weighted by Crippen LogP contribution is 2.36. The van der Waals surface area contributed by atoms with Crippen molar-refractivity contribution in [1.82, 2.24) is 0 Å². The van der Waals surface area contributed by atoms with E-state index in [0.717, 1.165) is 13.2 Å². The summed E-state index contributed by atoms with van der Waals surface area (Å²) in [6.45, 7) is 6.69. The zero-order chi connectivity index (χ0) is 17.3. The van der Waals surface area contributed by atoms with Crippen molar-refractivity contribution in [3.05, 3.63) is 0 Å². The maximum absolute atomic E-state index is 5.41. The van der Waals surface area contributed by atoms with Gasteiger partial charge in [-0.2, -0.15) is 0 Å². The van der Waals surface area contributed by atoms with Crippen LogP contribution in [0.4, 0.5) is 0 Å². The minimum Gasteiger partial charge on any atom is -0.380 e. The van der Waals surface area contributed by atoms with E-state index in [1.54, 1.807) is 0 Å². The predicted octanol–water partition coefficient (Wildman–Crippen LogP) is 8.06. The molecule has 1 heteroatoms. The van der Waals surface area contributed by atoms with Crippen molar-refractivity contribution in [1.29, 1.82) is 0 Å². The molecule has 1 aliphatic heterocycles. The highest BCUT2D eigenvalue weighted by Gasteiger charge is 2.35. The van der Waals surface area contributed by atoms with E-state index in [-0.39, 0.29) is 0 Å². The van der Waals surface area contributed by atoms with Crippen LogP contribution < -0.4 is 0 Å². The second-order valence-electron chi connectivity index (χ2n) is 8.40. The van der Waals surface area contributed by atoms with E-state index in [1.807, 2.05) is 0 Å². The largest absolute Gasteiger partial charge is 0.380 e. The summed E-state index contributed by atoms with van der Waals surface area (Å²) < 4.78 is 5.41. The van der Waals surface area contributed by atoms with E-state index in [2.05, 4.69) is 13.8 Å². The quantitative estimate of drug-likeness (QED) is 0.230. The summed E-state index contributed by atoms with van der Waals surface area (Å²) in [7, 11) is 0. The van der Waals surface area contributed by atoms with Crippen LogP contribution in [0.3, 0.4) is 0 Å². The molecule has 0 N–H and O–H groups in total. The van der Waals surface area contributed by atoms with Gasteiger partial charge >= 0.3 is 0 Å². The van der Waals surface area contributed by atoms with Crippen molar-refractivity contribution in [2.75, 3.05) is 13.2 Å². The molecule has 0 aromatic rings. The van der Waals surface area contributed by atoms with Gasteiger partial charge in [0.15, 0.2) is 0 Å². The van der Waals surface area contributed by atoms with E-state index >= 15 is 0 Å². The van der Waals surface area contributed by atoms with Crippen LogP contribution in [0.1, 0.15) is 129 Å². The average molecular weight is 339 g/mol. The van der Waals surface area contributed by atoms with Crippen LogP contribution in [-0.2, 0) is 4.74 Å². The Kier molecular flexibility index (Phi) is 14.0. The van der Waals surface area contributed by atoms with Gasteiger partial charge in [-0.3, -0.25) is 0 Å². The van der Waals surface area contributed by atoms with Crippen molar-refractivity contribution in [2.45, 2.75) is 129 Å². The lowest BCUT2D eigenvalue weighted by Crippen LogP contribution is -2.41. The van der Waals surface area contributed by atoms with Gasteiger partial charge in [0, 0.05) is 5.41 Å². The Morgan fingerprint density at radius 1 is 0.542 bits per heavy atom. The summed E-state index contributed by atoms with van der Waals surface area (Å²) in [6, 6.07) is 0. The van der Waals surface area contributed by atoms with Gasteiger partial charge < -0.3 is 4.74 Å². The smallest absolute Gasteiger partial charge is 0.0544 e. The molecular formula is C23H46O. The molecule has 1 aliphatic rings. The Hall–Kier alpha value is -0.0400. The maximum atomic E-state index is 5.41. The first-order chi connectivity index (χ1) is 11.8. The third-order valence-electron chi connectivity index (χ3n) is 6.13. The van der Waals surface area contributed by atoms with Gasteiger partial charge in [0.05, 0.1) is 13.2 Å². The summed E-state index contributed by atoms with van der Waals surface area (Å²) in [5.74, 6) is 0. The van der Waals surface area contributed by atoms with Crippen molar-refractivity contribution >= 4 is 0 Å². The molecule has 0 bridgehead atoms.